The highest BCUT2D eigenvalue weighted by atomic mass is 19.4. The fourth-order valence-corrected chi connectivity index (χ4v) is 3.88. The first-order valence-corrected chi connectivity index (χ1v) is 6.88. The Balaban J connectivity index is 1.75. The van der Waals surface area contributed by atoms with Crippen LogP contribution >= 0.6 is 0 Å². The lowest BCUT2D eigenvalue weighted by Crippen LogP contribution is -2.26. The molecule has 0 aliphatic heterocycles. The van der Waals surface area contributed by atoms with E-state index in [1.165, 1.54) is 19.3 Å². The normalized spacial score (nSPS) is 31.7. The molecule has 2 saturated carbocycles. The third-order valence-electron chi connectivity index (χ3n) is 4.88. The Bertz CT molecular complexity index is 451. The lowest BCUT2D eigenvalue weighted by Gasteiger charge is -2.28. The minimum Gasteiger partial charge on any atom is -0.324 e. The average Bonchev–Trinajstić information content (AvgIpc) is 2.99. The van der Waals surface area contributed by atoms with Crippen LogP contribution in [0.5, 0.6) is 0 Å². The summed E-state index contributed by atoms with van der Waals surface area (Å²) in [5.74, 6) is 1.94. The first kappa shape index (κ1) is 13.0. The maximum absolute atomic E-state index is 12.5. The van der Waals surface area contributed by atoms with Gasteiger partial charge in [0.15, 0.2) is 0 Å². The van der Waals surface area contributed by atoms with Crippen molar-refractivity contribution in [1.29, 1.82) is 0 Å². The molecule has 0 radical (unpaired) electrons. The highest BCUT2D eigenvalue weighted by molar-refractivity contribution is 5.27. The van der Waals surface area contributed by atoms with Crippen molar-refractivity contribution in [2.75, 3.05) is 0 Å². The molecule has 1 aromatic rings. The topological polar surface area (TPSA) is 26.0 Å². The van der Waals surface area contributed by atoms with Crippen LogP contribution in [-0.2, 0) is 6.18 Å². The number of nitrogens with two attached hydrogens (primary N) is 1. The van der Waals surface area contributed by atoms with E-state index in [1.807, 2.05) is 0 Å². The molecule has 4 atom stereocenters. The van der Waals surface area contributed by atoms with Crippen LogP contribution in [0, 0.1) is 17.8 Å². The lowest BCUT2D eigenvalue weighted by atomic mass is 9.81. The number of rotatable bonds is 2. The molecule has 2 aliphatic carbocycles. The molecule has 4 unspecified atom stereocenters. The molecule has 2 fully saturated rings. The van der Waals surface area contributed by atoms with Crippen molar-refractivity contribution < 1.29 is 13.2 Å². The zero-order valence-corrected chi connectivity index (χ0v) is 10.7. The van der Waals surface area contributed by atoms with Gasteiger partial charge in [0, 0.05) is 6.04 Å². The monoisotopic (exact) mass is 269 g/mol. The molecule has 1 nitrogen and oxygen atoms in total. The van der Waals surface area contributed by atoms with Crippen molar-refractivity contribution in [3.8, 4) is 0 Å². The molecule has 0 aromatic heterocycles. The van der Waals surface area contributed by atoms with Gasteiger partial charge >= 0.3 is 6.18 Å². The van der Waals surface area contributed by atoms with E-state index in [2.05, 4.69) is 0 Å². The molecule has 19 heavy (non-hydrogen) atoms. The number of fused-ring (bicyclic) bond motifs is 2. The van der Waals surface area contributed by atoms with Crippen molar-refractivity contribution in [3.05, 3.63) is 35.4 Å². The Morgan fingerprint density at radius 2 is 1.74 bits per heavy atom. The SMILES string of the molecule is NC(c1ccc(C(F)(F)F)cc1)C1CC2CCC1C2. The van der Waals surface area contributed by atoms with Gasteiger partial charge in [-0.25, -0.2) is 0 Å². The van der Waals surface area contributed by atoms with Crippen molar-refractivity contribution >= 4 is 0 Å². The van der Waals surface area contributed by atoms with Crippen LogP contribution in [0.15, 0.2) is 24.3 Å². The molecule has 0 spiro atoms. The fraction of sp³-hybridized carbons (Fsp3) is 0.600. The fourth-order valence-electron chi connectivity index (χ4n) is 3.88. The van der Waals surface area contributed by atoms with Crippen molar-refractivity contribution in [1.82, 2.24) is 0 Å². The van der Waals surface area contributed by atoms with Crippen LogP contribution in [0.1, 0.15) is 42.9 Å². The van der Waals surface area contributed by atoms with Crippen LogP contribution < -0.4 is 5.73 Å². The molecule has 2 N–H and O–H groups in total. The quantitative estimate of drug-likeness (QED) is 0.858. The van der Waals surface area contributed by atoms with E-state index in [0.29, 0.717) is 11.8 Å². The Morgan fingerprint density at radius 3 is 2.21 bits per heavy atom. The average molecular weight is 269 g/mol. The van der Waals surface area contributed by atoms with Gasteiger partial charge in [0.05, 0.1) is 5.56 Å². The summed E-state index contributed by atoms with van der Waals surface area (Å²) in [6.45, 7) is 0. The van der Waals surface area contributed by atoms with Gasteiger partial charge in [-0.05, 0) is 54.7 Å². The molecule has 4 heteroatoms. The highest BCUT2D eigenvalue weighted by Crippen LogP contribution is 2.52. The van der Waals surface area contributed by atoms with E-state index in [9.17, 15) is 13.2 Å². The standard InChI is InChI=1S/C15H18F3N/c16-15(17,18)12-5-3-10(4-6-12)14(19)13-8-9-1-2-11(13)7-9/h3-6,9,11,13-14H,1-2,7-8,19H2. The van der Waals surface area contributed by atoms with Gasteiger partial charge in [0.25, 0.3) is 0 Å². The van der Waals surface area contributed by atoms with Crippen molar-refractivity contribution in [2.24, 2.45) is 23.5 Å². The van der Waals surface area contributed by atoms with Gasteiger partial charge < -0.3 is 5.73 Å². The number of alkyl halides is 3. The molecule has 2 bridgehead atoms. The molecule has 1 aromatic carbocycles. The van der Waals surface area contributed by atoms with Gasteiger partial charge in [-0.1, -0.05) is 18.6 Å². The maximum Gasteiger partial charge on any atom is 0.416 e. The molecule has 0 heterocycles. The zero-order valence-electron chi connectivity index (χ0n) is 10.7. The highest BCUT2D eigenvalue weighted by Gasteiger charge is 2.42. The van der Waals surface area contributed by atoms with E-state index in [0.717, 1.165) is 30.0 Å². The summed E-state index contributed by atoms with van der Waals surface area (Å²) < 4.78 is 37.5. The van der Waals surface area contributed by atoms with E-state index in [1.54, 1.807) is 12.1 Å². The Morgan fingerprint density at radius 1 is 1.05 bits per heavy atom. The Kier molecular flexibility index (Phi) is 3.08. The Hall–Kier alpha value is -1.03. The number of halogens is 3. The van der Waals surface area contributed by atoms with Gasteiger partial charge in [0.2, 0.25) is 0 Å². The van der Waals surface area contributed by atoms with Crippen LogP contribution in [0.2, 0.25) is 0 Å². The van der Waals surface area contributed by atoms with Crippen LogP contribution in [0.4, 0.5) is 13.2 Å². The minimum atomic E-state index is -4.27. The summed E-state index contributed by atoms with van der Waals surface area (Å²) in [6, 6.07) is 5.25. The van der Waals surface area contributed by atoms with E-state index in [4.69, 9.17) is 5.73 Å². The molecule has 2 aliphatic rings. The second-order valence-electron chi connectivity index (χ2n) is 5.98. The van der Waals surface area contributed by atoms with Gasteiger partial charge in [0.1, 0.15) is 0 Å². The molecular weight excluding hydrogens is 251 g/mol. The third-order valence-corrected chi connectivity index (χ3v) is 4.88. The van der Waals surface area contributed by atoms with Gasteiger partial charge in [-0.15, -0.1) is 0 Å². The largest absolute Gasteiger partial charge is 0.416 e. The molecular formula is C15H18F3N. The summed E-state index contributed by atoms with van der Waals surface area (Å²) in [4.78, 5) is 0. The van der Waals surface area contributed by atoms with Crippen LogP contribution in [0.3, 0.4) is 0 Å². The first-order valence-electron chi connectivity index (χ1n) is 6.88. The summed E-state index contributed by atoms with van der Waals surface area (Å²) >= 11 is 0. The van der Waals surface area contributed by atoms with Crippen LogP contribution in [0.25, 0.3) is 0 Å². The Labute approximate surface area is 111 Å². The minimum absolute atomic E-state index is 0.113. The lowest BCUT2D eigenvalue weighted by molar-refractivity contribution is -0.137. The second-order valence-corrected chi connectivity index (χ2v) is 5.98. The van der Waals surface area contributed by atoms with E-state index < -0.39 is 11.7 Å². The molecule has 0 saturated heterocycles. The summed E-state index contributed by atoms with van der Waals surface area (Å²) in [6.07, 6.45) is 0.686. The van der Waals surface area contributed by atoms with E-state index in [-0.39, 0.29) is 6.04 Å². The van der Waals surface area contributed by atoms with Crippen molar-refractivity contribution in [2.45, 2.75) is 37.9 Å². The van der Waals surface area contributed by atoms with Crippen LogP contribution in [-0.4, -0.2) is 0 Å². The van der Waals surface area contributed by atoms with E-state index >= 15 is 0 Å². The van der Waals surface area contributed by atoms with Crippen molar-refractivity contribution in [3.63, 3.8) is 0 Å². The summed E-state index contributed by atoms with van der Waals surface area (Å²) in [5.41, 5.74) is 6.50. The number of hydrogen-bond acceptors (Lipinski definition) is 1. The molecule has 104 valence electrons. The third kappa shape index (κ3) is 2.38. The number of benzene rings is 1. The maximum atomic E-state index is 12.5. The first-order chi connectivity index (χ1) is 8.95. The van der Waals surface area contributed by atoms with Gasteiger partial charge in [-0.3, -0.25) is 0 Å². The van der Waals surface area contributed by atoms with Gasteiger partial charge in [-0.2, -0.15) is 13.2 Å². The predicted octanol–water partition coefficient (Wildman–Crippen LogP) is 4.14. The molecule has 0 amide bonds. The molecule has 3 rings (SSSR count). The predicted molar refractivity (Wildman–Crippen MR) is 67.3 cm³/mol. The zero-order chi connectivity index (χ0) is 13.6. The summed E-state index contributed by atoms with van der Waals surface area (Å²) in [5, 5.41) is 0. The smallest absolute Gasteiger partial charge is 0.324 e. The second kappa shape index (κ2) is 4.51. The number of hydrogen-bond donors (Lipinski definition) is 1. The summed E-state index contributed by atoms with van der Waals surface area (Å²) in [7, 11) is 0.